The van der Waals surface area contributed by atoms with Gasteiger partial charge >= 0.3 is 0 Å². The first-order chi connectivity index (χ1) is 12.4. The molecule has 0 saturated carbocycles. The van der Waals surface area contributed by atoms with Gasteiger partial charge in [-0.25, -0.2) is 0 Å². The lowest BCUT2D eigenvalue weighted by Gasteiger charge is -2.32. The molecule has 2 aromatic rings. The van der Waals surface area contributed by atoms with Crippen LogP contribution in [0.3, 0.4) is 0 Å². The molecule has 3 rings (SSSR count). The average molecular weight is 359 g/mol. The van der Waals surface area contributed by atoms with Gasteiger partial charge in [-0.05, 0) is 18.9 Å². The molecule has 9 nitrogen and oxygen atoms in total. The van der Waals surface area contributed by atoms with Crippen LogP contribution < -0.4 is 15.2 Å². The molecular weight excluding hydrogens is 338 g/mol. The molecule has 1 unspecified atom stereocenters. The van der Waals surface area contributed by atoms with Crippen molar-refractivity contribution in [3.05, 3.63) is 40.2 Å². The van der Waals surface area contributed by atoms with Gasteiger partial charge in [0.15, 0.2) is 11.7 Å². The minimum Gasteiger partial charge on any atom is -0.494 e. The van der Waals surface area contributed by atoms with Crippen LogP contribution in [-0.2, 0) is 0 Å². The molecular formula is C17H21N5O4. The number of nitrogens with one attached hydrogen (secondary N) is 1. The van der Waals surface area contributed by atoms with Crippen molar-refractivity contribution >= 4 is 11.7 Å². The van der Waals surface area contributed by atoms with E-state index in [-0.39, 0.29) is 23.5 Å². The average Bonchev–Trinajstić information content (AvgIpc) is 2.61. The highest BCUT2D eigenvalue weighted by Crippen LogP contribution is 2.19. The molecule has 1 fully saturated rings. The topological polar surface area (TPSA) is 112 Å². The number of aromatic nitrogens is 3. The zero-order valence-corrected chi connectivity index (χ0v) is 14.7. The Morgan fingerprint density at radius 1 is 1.35 bits per heavy atom. The number of hydrogen-bond donors (Lipinski definition) is 2. The first-order valence-electron chi connectivity index (χ1n) is 8.32. The zero-order chi connectivity index (χ0) is 18.7. The van der Waals surface area contributed by atoms with Crippen LogP contribution in [0.15, 0.2) is 29.1 Å². The number of rotatable bonds is 4. The lowest BCUT2D eigenvalue weighted by Crippen LogP contribution is -2.44. The third-order valence-electron chi connectivity index (χ3n) is 4.11. The van der Waals surface area contributed by atoms with Crippen molar-refractivity contribution in [3.63, 3.8) is 0 Å². The number of aromatic amines is 1. The van der Waals surface area contributed by atoms with Crippen molar-refractivity contribution in [2.24, 2.45) is 0 Å². The molecule has 0 radical (unpaired) electrons. The monoisotopic (exact) mass is 359 g/mol. The van der Waals surface area contributed by atoms with E-state index in [0.717, 1.165) is 18.7 Å². The summed E-state index contributed by atoms with van der Waals surface area (Å²) < 4.78 is 5.85. The summed E-state index contributed by atoms with van der Waals surface area (Å²) in [5, 5.41) is 17.6. The molecule has 0 aromatic carbocycles. The molecule has 0 spiro atoms. The molecule has 2 aromatic heterocycles. The van der Waals surface area contributed by atoms with Crippen molar-refractivity contribution in [3.8, 4) is 11.8 Å². The second kappa shape index (κ2) is 7.42. The summed E-state index contributed by atoms with van der Waals surface area (Å²) in [7, 11) is 3.75. The molecule has 2 N–H and O–H groups in total. The zero-order valence-electron chi connectivity index (χ0n) is 14.7. The van der Waals surface area contributed by atoms with E-state index in [1.165, 1.54) is 12.1 Å². The quantitative estimate of drug-likeness (QED) is 0.823. The number of piperidine rings is 1. The maximum absolute atomic E-state index is 12.6. The van der Waals surface area contributed by atoms with Gasteiger partial charge in [-0.15, -0.1) is 10.2 Å². The van der Waals surface area contributed by atoms with E-state index in [1.54, 1.807) is 11.0 Å². The molecule has 1 atom stereocenters. The number of H-pyrrole nitrogens is 1. The Morgan fingerprint density at radius 2 is 2.15 bits per heavy atom. The largest absolute Gasteiger partial charge is 0.494 e. The molecule has 1 amide bonds. The van der Waals surface area contributed by atoms with Crippen molar-refractivity contribution in [1.29, 1.82) is 0 Å². The third kappa shape index (κ3) is 4.11. The summed E-state index contributed by atoms with van der Waals surface area (Å²) in [4.78, 5) is 29.7. The lowest BCUT2D eigenvalue weighted by molar-refractivity contribution is 0.0525. The number of pyridine rings is 1. The summed E-state index contributed by atoms with van der Waals surface area (Å²) in [5.41, 5.74) is -0.364. The van der Waals surface area contributed by atoms with Crippen molar-refractivity contribution < 1.29 is 14.6 Å². The minimum atomic E-state index is -0.519. The number of carbonyl (C=O) groups is 1. The predicted molar refractivity (Wildman–Crippen MR) is 94.6 cm³/mol. The first-order valence-corrected chi connectivity index (χ1v) is 8.32. The molecule has 26 heavy (non-hydrogen) atoms. The van der Waals surface area contributed by atoms with Gasteiger partial charge in [-0.3, -0.25) is 14.6 Å². The predicted octanol–water partition coefficient (Wildman–Crippen LogP) is 0.620. The molecule has 3 heterocycles. The summed E-state index contributed by atoms with van der Waals surface area (Å²) in [6.07, 6.45) is 1.36. The normalized spacial score (nSPS) is 17.0. The fourth-order valence-corrected chi connectivity index (χ4v) is 2.84. The van der Waals surface area contributed by atoms with E-state index in [0.29, 0.717) is 19.0 Å². The number of carbonyl (C=O) groups excluding carboxylic acids is 1. The van der Waals surface area contributed by atoms with Gasteiger partial charge in [0.05, 0.1) is 12.1 Å². The van der Waals surface area contributed by atoms with Crippen molar-refractivity contribution in [2.75, 3.05) is 32.1 Å². The number of anilines is 1. The molecule has 9 heteroatoms. The van der Waals surface area contributed by atoms with Gasteiger partial charge < -0.3 is 19.6 Å². The van der Waals surface area contributed by atoms with Gasteiger partial charge in [0, 0.05) is 38.8 Å². The van der Waals surface area contributed by atoms with Crippen LogP contribution in [0.5, 0.6) is 11.8 Å². The number of ether oxygens (including phenoxy) is 1. The molecule has 0 bridgehead atoms. The van der Waals surface area contributed by atoms with E-state index < -0.39 is 5.56 Å². The summed E-state index contributed by atoms with van der Waals surface area (Å²) >= 11 is 0. The summed E-state index contributed by atoms with van der Waals surface area (Å²) in [5.74, 6) is 0.492. The van der Waals surface area contributed by atoms with Crippen molar-refractivity contribution in [1.82, 2.24) is 20.1 Å². The fraction of sp³-hybridized carbons (Fsp3) is 0.412. The second-order valence-electron chi connectivity index (χ2n) is 6.38. The van der Waals surface area contributed by atoms with Gasteiger partial charge in [0.25, 0.3) is 11.5 Å². The SMILES string of the molecule is CN(C)c1ccc(OC2CCCN(C(=O)c3cc(O)[nH]c(=O)c3)C2)nn1. The van der Waals surface area contributed by atoms with Crippen LogP contribution in [0, 0.1) is 0 Å². The van der Waals surface area contributed by atoms with Gasteiger partial charge in [0.2, 0.25) is 5.88 Å². The Bertz CT molecular complexity index is 834. The first kappa shape index (κ1) is 17.7. The number of aromatic hydroxyl groups is 1. The van der Waals surface area contributed by atoms with Crippen LogP contribution in [0.2, 0.25) is 0 Å². The maximum atomic E-state index is 12.6. The van der Waals surface area contributed by atoms with Crippen LogP contribution in [0.4, 0.5) is 5.82 Å². The van der Waals surface area contributed by atoms with Gasteiger partial charge in [0.1, 0.15) is 6.10 Å². The highest BCUT2D eigenvalue weighted by molar-refractivity contribution is 5.94. The van der Waals surface area contributed by atoms with Gasteiger partial charge in [-0.2, -0.15) is 0 Å². The molecule has 138 valence electrons. The number of amides is 1. The molecule has 1 saturated heterocycles. The molecule has 0 aliphatic carbocycles. The Balaban J connectivity index is 1.66. The molecule has 1 aliphatic heterocycles. The van der Waals surface area contributed by atoms with Crippen LogP contribution in [-0.4, -0.2) is 64.4 Å². The minimum absolute atomic E-state index is 0.155. The van der Waals surface area contributed by atoms with E-state index in [2.05, 4.69) is 15.2 Å². The van der Waals surface area contributed by atoms with E-state index in [9.17, 15) is 14.7 Å². The smallest absolute Gasteiger partial charge is 0.254 e. The number of nitrogens with zero attached hydrogens (tertiary/aromatic N) is 4. The van der Waals surface area contributed by atoms with Crippen molar-refractivity contribution in [2.45, 2.75) is 18.9 Å². The lowest BCUT2D eigenvalue weighted by atomic mass is 10.1. The number of hydrogen-bond acceptors (Lipinski definition) is 7. The fourth-order valence-electron chi connectivity index (χ4n) is 2.84. The Labute approximate surface area is 150 Å². The number of likely N-dealkylation sites (tertiary alicyclic amines) is 1. The summed E-state index contributed by atoms with van der Waals surface area (Å²) in [6, 6.07) is 5.99. The second-order valence-corrected chi connectivity index (χ2v) is 6.38. The summed E-state index contributed by atoms with van der Waals surface area (Å²) in [6.45, 7) is 0.945. The molecule has 1 aliphatic rings. The Hall–Kier alpha value is -3.10. The standard InChI is InChI=1S/C17H21N5O4/c1-21(2)13-5-6-16(20-19-13)26-12-4-3-7-22(10-12)17(25)11-8-14(23)18-15(24)9-11/h5-6,8-9,12H,3-4,7,10H2,1-2H3,(H2,18,23,24). The van der Waals surface area contributed by atoms with E-state index >= 15 is 0 Å². The van der Waals surface area contributed by atoms with Crippen LogP contribution in [0.1, 0.15) is 23.2 Å². The maximum Gasteiger partial charge on any atom is 0.254 e. The van der Waals surface area contributed by atoms with Crippen LogP contribution in [0.25, 0.3) is 0 Å². The Kier molecular flexibility index (Phi) is 5.06. The highest BCUT2D eigenvalue weighted by atomic mass is 16.5. The van der Waals surface area contributed by atoms with Crippen LogP contribution >= 0.6 is 0 Å². The third-order valence-corrected chi connectivity index (χ3v) is 4.11. The van der Waals surface area contributed by atoms with E-state index in [1.807, 2.05) is 25.1 Å². The highest BCUT2D eigenvalue weighted by Gasteiger charge is 2.26. The van der Waals surface area contributed by atoms with E-state index in [4.69, 9.17) is 4.74 Å². The Morgan fingerprint density at radius 3 is 2.81 bits per heavy atom. The van der Waals surface area contributed by atoms with Gasteiger partial charge in [-0.1, -0.05) is 0 Å².